The van der Waals surface area contributed by atoms with Crippen molar-refractivity contribution in [2.75, 3.05) is 0 Å². The van der Waals surface area contributed by atoms with Crippen LogP contribution < -0.4 is 0 Å². The van der Waals surface area contributed by atoms with Gasteiger partial charge in [-0.3, -0.25) is 10.1 Å². The van der Waals surface area contributed by atoms with Crippen LogP contribution in [0, 0.1) is 10.1 Å². The third kappa shape index (κ3) is 1.51. The fourth-order valence-electron chi connectivity index (χ4n) is 0.506. The molecule has 0 aromatic carbocycles. The van der Waals surface area contributed by atoms with E-state index in [9.17, 15) is 10.1 Å². The summed E-state index contributed by atoms with van der Waals surface area (Å²) in [5, 5.41) is 10.1. The summed E-state index contributed by atoms with van der Waals surface area (Å²) >= 11 is 3.01. The van der Waals surface area contributed by atoms with Crippen molar-refractivity contribution in [2.24, 2.45) is 0 Å². The molecule has 0 atom stereocenters. The van der Waals surface area contributed by atoms with E-state index in [1.807, 2.05) is 0 Å². The zero-order valence-corrected chi connectivity index (χ0v) is 6.41. The molecule has 52 valence electrons. The van der Waals surface area contributed by atoms with Crippen molar-refractivity contribution in [1.29, 1.82) is 0 Å². The van der Waals surface area contributed by atoms with Gasteiger partial charge in [-0.25, -0.2) is 4.98 Å². The van der Waals surface area contributed by atoms with Crippen molar-refractivity contribution >= 4 is 21.6 Å². The van der Waals surface area contributed by atoms with Crippen LogP contribution in [-0.4, -0.2) is 9.91 Å². The first-order chi connectivity index (χ1) is 4.70. The second-order valence-electron chi connectivity index (χ2n) is 1.59. The molecule has 10 heavy (non-hydrogen) atoms. The van der Waals surface area contributed by atoms with Gasteiger partial charge in [0.2, 0.25) is 0 Å². The highest BCUT2D eigenvalue weighted by Gasteiger charge is 2.03. The Hall–Kier alpha value is -0.970. The highest BCUT2D eigenvalue weighted by molar-refractivity contribution is 9.10. The van der Waals surface area contributed by atoms with Crippen LogP contribution in [0.3, 0.4) is 0 Å². The molecule has 0 aliphatic heterocycles. The van der Waals surface area contributed by atoms with Crippen LogP contribution in [0.2, 0.25) is 0 Å². The van der Waals surface area contributed by atoms with Gasteiger partial charge in [0.05, 0.1) is 4.92 Å². The fraction of sp³-hybridized carbons (Fsp3) is 0. The number of pyridine rings is 1. The minimum Gasteiger partial charge on any atom is -0.258 e. The van der Waals surface area contributed by atoms with Crippen molar-refractivity contribution in [2.45, 2.75) is 0 Å². The number of halogens is 1. The summed E-state index contributed by atoms with van der Waals surface area (Å²) in [6, 6.07) is 2.69. The molecule has 0 saturated heterocycles. The molecule has 1 rings (SSSR count). The molecule has 0 spiro atoms. The Morgan fingerprint density at radius 1 is 1.70 bits per heavy atom. The molecular formula is C5H3BrN2O2. The highest BCUT2D eigenvalue weighted by atomic mass is 79.9. The van der Waals surface area contributed by atoms with E-state index in [-0.39, 0.29) is 5.69 Å². The van der Waals surface area contributed by atoms with Gasteiger partial charge in [-0.15, -0.1) is 0 Å². The Bertz CT molecular complexity index is 264. The number of hydrogen-bond donors (Lipinski definition) is 0. The second kappa shape index (κ2) is 2.74. The van der Waals surface area contributed by atoms with Crippen molar-refractivity contribution in [1.82, 2.24) is 4.98 Å². The molecule has 1 aromatic heterocycles. The Kier molecular flexibility index (Phi) is 1.96. The largest absolute Gasteiger partial charge is 0.273 e. The van der Waals surface area contributed by atoms with Gasteiger partial charge in [0, 0.05) is 18.3 Å². The molecule has 0 fully saturated rings. The van der Waals surface area contributed by atoms with E-state index in [1.165, 1.54) is 18.3 Å². The molecule has 1 heterocycles. The van der Waals surface area contributed by atoms with Crippen molar-refractivity contribution < 1.29 is 4.92 Å². The SMILES string of the molecule is O=[N+]([O-])c1ccnc(Br)c1. The van der Waals surface area contributed by atoms with Gasteiger partial charge < -0.3 is 0 Å². The highest BCUT2D eigenvalue weighted by Crippen LogP contribution is 2.13. The minimum absolute atomic E-state index is 0.0434. The summed E-state index contributed by atoms with van der Waals surface area (Å²) in [6.07, 6.45) is 1.38. The van der Waals surface area contributed by atoms with Gasteiger partial charge in [-0.1, -0.05) is 0 Å². The lowest BCUT2D eigenvalue weighted by Gasteiger charge is -1.88. The van der Waals surface area contributed by atoms with Gasteiger partial charge in [0.15, 0.2) is 0 Å². The number of nitrogens with zero attached hydrogens (tertiary/aromatic N) is 2. The standard InChI is InChI=1S/C5H3BrN2O2/c6-5-3-4(8(9)10)1-2-7-5/h1-3H. The van der Waals surface area contributed by atoms with Gasteiger partial charge in [0.1, 0.15) is 4.60 Å². The summed E-state index contributed by atoms with van der Waals surface area (Å²) in [5.74, 6) is 0. The van der Waals surface area contributed by atoms with E-state index < -0.39 is 4.92 Å². The lowest BCUT2D eigenvalue weighted by Crippen LogP contribution is -1.87. The fourth-order valence-corrected chi connectivity index (χ4v) is 0.859. The molecule has 0 radical (unpaired) electrons. The molecule has 0 N–H and O–H groups in total. The molecule has 0 saturated carbocycles. The molecular weight excluding hydrogens is 200 g/mol. The lowest BCUT2D eigenvalue weighted by atomic mass is 10.4. The van der Waals surface area contributed by atoms with Crippen LogP contribution in [0.15, 0.2) is 22.9 Å². The van der Waals surface area contributed by atoms with Crippen LogP contribution in [0.1, 0.15) is 0 Å². The average molecular weight is 203 g/mol. The maximum atomic E-state index is 10.1. The Labute approximate surface area is 65.2 Å². The van der Waals surface area contributed by atoms with Crippen LogP contribution in [0.4, 0.5) is 5.69 Å². The Morgan fingerprint density at radius 2 is 2.40 bits per heavy atom. The van der Waals surface area contributed by atoms with E-state index >= 15 is 0 Å². The zero-order chi connectivity index (χ0) is 7.56. The first-order valence-electron chi connectivity index (χ1n) is 2.46. The van der Waals surface area contributed by atoms with Gasteiger partial charge in [0.25, 0.3) is 5.69 Å². The quantitative estimate of drug-likeness (QED) is 0.396. The van der Waals surface area contributed by atoms with Crippen LogP contribution in [0.25, 0.3) is 0 Å². The molecule has 1 aromatic rings. The van der Waals surface area contributed by atoms with E-state index in [4.69, 9.17) is 0 Å². The summed E-state index contributed by atoms with van der Waals surface area (Å²) in [4.78, 5) is 13.4. The molecule has 0 amide bonds. The van der Waals surface area contributed by atoms with Gasteiger partial charge >= 0.3 is 0 Å². The third-order valence-electron chi connectivity index (χ3n) is 0.921. The average Bonchev–Trinajstić information content (AvgIpc) is 1.88. The predicted octanol–water partition coefficient (Wildman–Crippen LogP) is 1.75. The van der Waals surface area contributed by atoms with Crippen molar-refractivity contribution in [3.63, 3.8) is 0 Å². The molecule has 0 aliphatic rings. The van der Waals surface area contributed by atoms with Crippen molar-refractivity contribution in [3.05, 3.63) is 33.0 Å². The maximum absolute atomic E-state index is 10.1. The number of hydrogen-bond acceptors (Lipinski definition) is 3. The predicted molar refractivity (Wildman–Crippen MR) is 38.6 cm³/mol. The Balaban J connectivity index is 3.07. The lowest BCUT2D eigenvalue weighted by molar-refractivity contribution is -0.385. The van der Waals surface area contributed by atoms with Crippen molar-refractivity contribution in [3.8, 4) is 0 Å². The normalized spacial score (nSPS) is 9.30. The minimum atomic E-state index is -0.466. The summed E-state index contributed by atoms with van der Waals surface area (Å²) in [6.45, 7) is 0. The smallest absolute Gasteiger partial charge is 0.258 e. The van der Waals surface area contributed by atoms with Gasteiger partial charge in [-0.2, -0.15) is 0 Å². The van der Waals surface area contributed by atoms with Crippen LogP contribution >= 0.6 is 15.9 Å². The van der Waals surface area contributed by atoms with E-state index in [2.05, 4.69) is 20.9 Å². The van der Waals surface area contributed by atoms with Gasteiger partial charge in [-0.05, 0) is 15.9 Å². The summed E-state index contributed by atoms with van der Waals surface area (Å²) in [7, 11) is 0. The molecule has 5 heteroatoms. The van der Waals surface area contributed by atoms with Crippen LogP contribution in [0.5, 0.6) is 0 Å². The Morgan fingerprint density at radius 3 is 2.80 bits per heavy atom. The van der Waals surface area contributed by atoms with E-state index in [0.717, 1.165) is 0 Å². The zero-order valence-electron chi connectivity index (χ0n) is 4.82. The maximum Gasteiger partial charge on any atom is 0.273 e. The molecule has 0 aliphatic carbocycles. The topological polar surface area (TPSA) is 56.0 Å². The van der Waals surface area contributed by atoms with E-state index in [1.54, 1.807) is 0 Å². The number of aromatic nitrogens is 1. The monoisotopic (exact) mass is 202 g/mol. The molecule has 0 bridgehead atoms. The molecule has 4 nitrogen and oxygen atoms in total. The number of rotatable bonds is 1. The second-order valence-corrected chi connectivity index (χ2v) is 2.41. The summed E-state index contributed by atoms with van der Waals surface area (Å²) in [5.41, 5.74) is 0.0434. The first-order valence-corrected chi connectivity index (χ1v) is 3.25. The number of nitro groups is 1. The van der Waals surface area contributed by atoms with E-state index in [0.29, 0.717) is 4.60 Å². The first kappa shape index (κ1) is 7.14. The molecule has 0 unspecified atom stereocenters. The van der Waals surface area contributed by atoms with Crippen LogP contribution in [-0.2, 0) is 0 Å². The third-order valence-corrected chi connectivity index (χ3v) is 1.35. The summed E-state index contributed by atoms with van der Waals surface area (Å²) < 4.78 is 0.474.